The lowest BCUT2D eigenvalue weighted by Crippen LogP contribution is -2.29. The summed E-state index contributed by atoms with van der Waals surface area (Å²) < 4.78 is 0. The standard InChI is InChI=1S/C22H22N4O2/c1-12-14(3)24-19-9-8-15(10-18(12)19)11-23-21(27)13(2)20-16-6-4-5-7-17(16)22(28)26-25-20/h4-10,13,24H,11H2,1-3H3,(H,23,27)(H,26,28)/t13-/m0/s1. The molecule has 0 saturated carbocycles. The smallest absolute Gasteiger partial charge is 0.272 e. The summed E-state index contributed by atoms with van der Waals surface area (Å²) in [4.78, 5) is 28.0. The Morgan fingerprint density at radius 1 is 1.11 bits per heavy atom. The van der Waals surface area contributed by atoms with Crippen LogP contribution in [0.2, 0.25) is 0 Å². The summed E-state index contributed by atoms with van der Waals surface area (Å²) in [5.41, 5.74) is 4.83. The quantitative estimate of drug-likeness (QED) is 0.511. The van der Waals surface area contributed by atoms with Gasteiger partial charge in [0.15, 0.2) is 0 Å². The molecular weight excluding hydrogens is 352 g/mol. The van der Waals surface area contributed by atoms with Gasteiger partial charge in [-0.05, 0) is 50.1 Å². The second-order valence-electron chi connectivity index (χ2n) is 7.18. The molecule has 1 atom stereocenters. The Morgan fingerprint density at radius 3 is 2.64 bits per heavy atom. The number of nitrogens with one attached hydrogen (secondary N) is 3. The second-order valence-corrected chi connectivity index (χ2v) is 7.18. The Morgan fingerprint density at radius 2 is 1.86 bits per heavy atom. The molecule has 142 valence electrons. The first-order valence-electron chi connectivity index (χ1n) is 9.28. The van der Waals surface area contributed by atoms with Gasteiger partial charge in [-0.25, -0.2) is 5.10 Å². The van der Waals surface area contributed by atoms with Crippen molar-refractivity contribution in [3.63, 3.8) is 0 Å². The zero-order chi connectivity index (χ0) is 19.8. The Hall–Kier alpha value is -3.41. The minimum Gasteiger partial charge on any atom is -0.358 e. The number of nitrogens with zero attached hydrogens (tertiary/aromatic N) is 1. The van der Waals surface area contributed by atoms with E-state index in [1.54, 1.807) is 19.1 Å². The van der Waals surface area contributed by atoms with Gasteiger partial charge in [-0.1, -0.05) is 24.3 Å². The molecule has 0 fully saturated rings. The minimum absolute atomic E-state index is 0.133. The fourth-order valence-electron chi connectivity index (χ4n) is 3.55. The van der Waals surface area contributed by atoms with Gasteiger partial charge in [0.1, 0.15) is 0 Å². The summed E-state index contributed by atoms with van der Waals surface area (Å²) in [6, 6.07) is 13.4. The largest absolute Gasteiger partial charge is 0.358 e. The molecule has 0 saturated heterocycles. The Kier molecular flexibility index (Phi) is 4.47. The van der Waals surface area contributed by atoms with Crippen LogP contribution in [0.1, 0.15) is 35.4 Å². The van der Waals surface area contributed by atoms with E-state index in [0.29, 0.717) is 23.0 Å². The molecule has 6 nitrogen and oxygen atoms in total. The molecule has 4 rings (SSSR count). The highest BCUT2D eigenvalue weighted by Gasteiger charge is 2.20. The van der Waals surface area contributed by atoms with Gasteiger partial charge in [0, 0.05) is 28.5 Å². The number of benzene rings is 2. The third-order valence-corrected chi connectivity index (χ3v) is 5.37. The third kappa shape index (κ3) is 3.07. The van der Waals surface area contributed by atoms with Gasteiger partial charge in [0.05, 0.1) is 17.0 Å². The highest BCUT2D eigenvalue weighted by Crippen LogP contribution is 2.23. The molecule has 2 aromatic heterocycles. The molecule has 0 aliphatic rings. The van der Waals surface area contributed by atoms with E-state index in [-0.39, 0.29) is 11.5 Å². The highest BCUT2D eigenvalue weighted by atomic mass is 16.2. The number of aromatic amines is 2. The number of aromatic nitrogens is 3. The van der Waals surface area contributed by atoms with E-state index in [1.165, 1.54) is 10.9 Å². The lowest BCUT2D eigenvalue weighted by atomic mass is 10.0. The highest BCUT2D eigenvalue weighted by molar-refractivity contribution is 5.91. The van der Waals surface area contributed by atoms with Crippen LogP contribution in [0.25, 0.3) is 21.7 Å². The SMILES string of the molecule is Cc1[nH]c2ccc(CNC(=O)[C@@H](C)c3n[nH]c(=O)c4ccccc34)cc2c1C. The number of hydrogen-bond donors (Lipinski definition) is 3. The molecule has 3 N–H and O–H groups in total. The van der Waals surface area contributed by atoms with E-state index in [1.807, 2.05) is 24.3 Å². The Bertz CT molecular complexity index is 1250. The molecule has 0 radical (unpaired) electrons. The van der Waals surface area contributed by atoms with Crippen LogP contribution < -0.4 is 10.9 Å². The molecular formula is C22H22N4O2. The van der Waals surface area contributed by atoms with Gasteiger partial charge in [-0.3, -0.25) is 9.59 Å². The molecule has 2 aromatic carbocycles. The van der Waals surface area contributed by atoms with Gasteiger partial charge >= 0.3 is 0 Å². The van der Waals surface area contributed by atoms with E-state index >= 15 is 0 Å². The summed E-state index contributed by atoms with van der Waals surface area (Å²) in [5, 5.41) is 12.0. The first-order valence-corrected chi connectivity index (χ1v) is 9.28. The molecule has 2 heterocycles. The van der Waals surface area contributed by atoms with Crippen molar-refractivity contribution in [2.45, 2.75) is 33.2 Å². The number of carbonyl (C=O) groups excluding carboxylic acids is 1. The fourth-order valence-corrected chi connectivity index (χ4v) is 3.55. The topological polar surface area (TPSA) is 90.6 Å². The molecule has 0 spiro atoms. The first kappa shape index (κ1) is 18.0. The monoisotopic (exact) mass is 374 g/mol. The maximum absolute atomic E-state index is 12.7. The molecule has 28 heavy (non-hydrogen) atoms. The van der Waals surface area contributed by atoms with Crippen LogP contribution in [0.15, 0.2) is 47.3 Å². The lowest BCUT2D eigenvalue weighted by molar-refractivity contribution is -0.122. The van der Waals surface area contributed by atoms with Crippen molar-refractivity contribution in [1.82, 2.24) is 20.5 Å². The van der Waals surface area contributed by atoms with Crippen molar-refractivity contribution >= 4 is 27.6 Å². The van der Waals surface area contributed by atoms with Crippen LogP contribution in [0, 0.1) is 13.8 Å². The number of rotatable bonds is 4. The second kappa shape index (κ2) is 6.96. The summed E-state index contributed by atoms with van der Waals surface area (Å²) in [7, 11) is 0. The summed E-state index contributed by atoms with van der Waals surface area (Å²) in [6.45, 7) is 6.38. The zero-order valence-corrected chi connectivity index (χ0v) is 16.1. The molecule has 0 aliphatic carbocycles. The lowest BCUT2D eigenvalue weighted by Gasteiger charge is -2.13. The van der Waals surface area contributed by atoms with Crippen LogP contribution >= 0.6 is 0 Å². The average Bonchev–Trinajstić information content (AvgIpc) is 2.99. The predicted octanol–water partition coefficient (Wildman–Crippen LogP) is 3.44. The fraction of sp³-hybridized carbons (Fsp3) is 0.227. The molecule has 0 aliphatic heterocycles. The Labute approximate surface area is 162 Å². The van der Waals surface area contributed by atoms with E-state index < -0.39 is 5.92 Å². The summed E-state index contributed by atoms with van der Waals surface area (Å²) >= 11 is 0. The first-order chi connectivity index (χ1) is 13.5. The van der Waals surface area contributed by atoms with Crippen molar-refractivity contribution in [3.8, 4) is 0 Å². The summed E-state index contributed by atoms with van der Waals surface area (Å²) in [6.07, 6.45) is 0. The average molecular weight is 374 g/mol. The van der Waals surface area contributed by atoms with Crippen LogP contribution in [-0.4, -0.2) is 21.1 Å². The predicted molar refractivity (Wildman–Crippen MR) is 110 cm³/mol. The molecule has 0 unspecified atom stereocenters. The van der Waals surface area contributed by atoms with Crippen molar-refractivity contribution < 1.29 is 4.79 Å². The number of H-pyrrole nitrogens is 2. The normalized spacial score (nSPS) is 12.4. The number of fused-ring (bicyclic) bond motifs is 2. The van der Waals surface area contributed by atoms with Gasteiger partial charge in [0.2, 0.25) is 5.91 Å². The molecule has 6 heteroatoms. The van der Waals surface area contributed by atoms with Crippen LogP contribution in [0.3, 0.4) is 0 Å². The summed E-state index contributed by atoms with van der Waals surface area (Å²) in [5.74, 6) is -0.617. The van der Waals surface area contributed by atoms with Crippen molar-refractivity contribution in [3.05, 3.63) is 75.3 Å². The number of aryl methyl sites for hydroxylation is 2. The van der Waals surface area contributed by atoms with Gasteiger partial charge in [-0.15, -0.1) is 0 Å². The van der Waals surface area contributed by atoms with E-state index in [9.17, 15) is 9.59 Å². The van der Waals surface area contributed by atoms with Gasteiger partial charge in [0.25, 0.3) is 5.56 Å². The minimum atomic E-state index is -0.485. The van der Waals surface area contributed by atoms with E-state index in [2.05, 4.69) is 40.4 Å². The van der Waals surface area contributed by atoms with E-state index in [0.717, 1.165) is 16.8 Å². The molecule has 4 aromatic rings. The number of hydrogen-bond acceptors (Lipinski definition) is 3. The zero-order valence-electron chi connectivity index (χ0n) is 16.1. The van der Waals surface area contributed by atoms with Crippen molar-refractivity contribution in [2.75, 3.05) is 0 Å². The van der Waals surface area contributed by atoms with Gasteiger partial charge in [-0.2, -0.15) is 5.10 Å². The number of carbonyl (C=O) groups is 1. The van der Waals surface area contributed by atoms with Crippen LogP contribution in [0.5, 0.6) is 0 Å². The van der Waals surface area contributed by atoms with Crippen LogP contribution in [-0.2, 0) is 11.3 Å². The molecule has 0 bridgehead atoms. The van der Waals surface area contributed by atoms with Crippen molar-refractivity contribution in [1.29, 1.82) is 0 Å². The maximum atomic E-state index is 12.7. The van der Waals surface area contributed by atoms with E-state index in [4.69, 9.17) is 0 Å². The van der Waals surface area contributed by atoms with Crippen molar-refractivity contribution in [2.24, 2.45) is 0 Å². The Balaban J connectivity index is 1.55. The van der Waals surface area contributed by atoms with Gasteiger partial charge < -0.3 is 10.3 Å². The maximum Gasteiger partial charge on any atom is 0.272 e. The number of amides is 1. The third-order valence-electron chi connectivity index (χ3n) is 5.37. The molecule has 1 amide bonds. The van der Waals surface area contributed by atoms with Crippen LogP contribution in [0.4, 0.5) is 0 Å².